The molecule has 1 aromatic heterocycles. The van der Waals surface area contributed by atoms with Gasteiger partial charge in [0.15, 0.2) is 11.0 Å². The molecule has 2 aromatic carbocycles. The third-order valence-corrected chi connectivity index (χ3v) is 6.39. The highest BCUT2D eigenvalue weighted by Crippen LogP contribution is 2.28. The van der Waals surface area contributed by atoms with Crippen LogP contribution in [0.3, 0.4) is 0 Å². The molecular weight excluding hydrogens is 432 g/mol. The Bertz CT molecular complexity index is 1030. The van der Waals surface area contributed by atoms with Crippen LogP contribution in [0.2, 0.25) is 5.02 Å². The molecule has 6 nitrogen and oxygen atoms in total. The topological polar surface area (TPSA) is 69.0 Å². The lowest BCUT2D eigenvalue weighted by atomic mass is 10.2. The lowest BCUT2D eigenvalue weighted by molar-refractivity contribution is -0.113. The number of nitrogens with zero attached hydrogens (tertiary/aromatic N) is 3. The molecule has 0 spiro atoms. The Balaban J connectivity index is 1.39. The van der Waals surface area contributed by atoms with E-state index in [1.165, 1.54) is 24.6 Å². The maximum atomic E-state index is 12.3. The predicted octanol–water partition coefficient (Wildman–Crippen LogP) is 5.67. The van der Waals surface area contributed by atoms with Crippen molar-refractivity contribution in [2.45, 2.75) is 50.4 Å². The standard InChI is InChI=1S/C23H25ClN4O2S/c1-2-28-22(16-10-12-20(13-11-16)30-19-8-3-4-9-19)26-27-23(28)31-15-21(29)25-18-7-5-6-17(24)14-18/h5-7,10-14,19H,2-4,8-9,15H2,1H3,(H,25,29). The highest BCUT2D eigenvalue weighted by molar-refractivity contribution is 7.99. The van der Waals surface area contributed by atoms with E-state index in [0.29, 0.717) is 28.5 Å². The molecule has 0 radical (unpaired) electrons. The molecule has 1 aliphatic carbocycles. The number of benzene rings is 2. The molecule has 0 unspecified atom stereocenters. The summed E-state index contributed by atoms with van der Waals surface area (Å²) in [5.74, 6) is 1.80. The van der Waals surface area contributed by atoms with E-state index in [-0.39, 0.29) is 11.7 Å². The lowest BCUT2D eigenvalue weighted by Gasteiger charge is -2.13. The lowest BCUT2D eigenvalue weighted by Crippen LogP contribution is -2.14. The van der Waals surface area contributed by atoms with Crippen LogP contribution in [0.1, 0.15) is 32.6 Å². The Morgan fingerprint density at radius 3 is 2.68 bits per heavy atom. The van der Waals surface area contributed by atoms with Crippen molar-refractivity contribution < 1.29 is 9.53 Å². The molecule has 0 aliphatic heterocycles. The fraction of sp³-hybridized carbons (Fsp3) is 0.348. The summed E-state index contributed by atoms with van der Waals surface area (Å²) in [5.41, 5.74) is 1.65. The first-order valence-corrected chi connectivity index (χ1v) is 11.9. The van der Waals surface area contributed by atoms with E-state index in [2.05, 4.69) is 15.5 Å². The van der Waals surface area contributed by atoms with Crippen molar-refractivity contribution in [1.29, 1.82) is 0 Å². The van der Waals surface area contributed by atoms with Crippen LogP contribution in [0.25, 0.3) is 11.4 Å². The van der Waals surface area contributed by atoms with Crippen LogP contribution in [0.15, 0.2) is 53.7 Å². The minimum absolute atomic E-state index is 0.118. The van der Waals surface area contributed by atoms with E-state index in [9.17, 15) is 4.79 Å². The summed E-state index contributed by atoms with van der Waals surface area (Å²) in [6.45, 7) is 2.75. The van der Waals surface area contributed by atoms with Crippen molar-refractivity contribution in [3.05, 3.63) is 53.6 Å². The van der Waals surface area contributed by atoms with Gasteiger partial charge in [0.25, 0.3) is 0 Å². The molecule has 31 heavy (non-hydrogen) atoms. The molecule has 0 atom stereocenters. The molecule has 3 aromatic rings. The summed E-state index contributed by atoms with van der Waals surface area (Å²) >= 11 is 7.33. The number of thioether (sulfide) groups is 1. The molecule has 8 heteroatoms. The highest BCUT2D eigenvalue weighted by Gasteiger charge is 2.18. The molecule has 1 amide bonds. The van der Waals surface area contributed by atoms with Gasteiger partial charge in [0, 0.05) is 22.8 Å². The molecule has 4 rings (SSSR count). The Morgan fingerprint density at radius 1 is 1.19 bits per heavy atom. The molecule has 1 saturated carbocycles. The average Bonchev–Trinajstić information content (AvgIpc) is 3.42. The van der Waals surface area contributed by atoms with Crippen LogP contribution in [-0.4, -0.2) is 32.5 Å². The Kier molecular flexibility index (Phi) is 7.14. The molecule has 1 N–H and O–H groups in total. The second-order valence-electron chi connectivity index (χ2n) is 7.45. The summed E-state index contributed by atoms with van der Waals surface area (Å²) in [4.78, 5) is 12.3. The van der Waals surface area contributed by atoms with E-state index in [4.69, 9.17) is 16.3 Å². The minimum atomic E-state index is -0.118. The van der Waals surface area contributed by atoms with Gasteiger partial charge in [-0.15, -0.1) is 10.2 Å². The number of rotatable bonds is 8. The van der Waals surface area contributed by atoms with Crippen LogP contribution in [0.4, 0.5) is 5.69 Å². The molecule has 1 fully saturated rings. The maximum absolute atomic E-state index is 12.3. The van der Waals surface area contributed by atoms with Gasteiger partial charge in [0.2, 0.25) is 5.91 Å². The fourth-order valence-corrected chi connectivity index (χ4v) is 4.66. The zero-order valence-corrected chi connectivity index (χ0v) is 19.0. The van der Waals surface area contributed by atoms with Gasteiger partial charge < -0.3 is 14.6 Å². The number of hydrogen-bond acceptors (Lipinski definition) is 5. The SMILES string of the molecule is CCn1c(SCC(=O)Nc2cccc(Cl)c2)nnc1-c1ccc(OC2CCCC2)cc1. The van der Waals surface area contributed by atoms with E-state index in [0.717, 1.165) is 30.0 Å². The number of nitrogens with one attached hydrogen (secondary N) is 1. The number of amides is 1. The summed E-state index contributed by atoms with van der Waals surface area (Å²) < 4.78 is 8.07. The van der Waals surface area contributed by atoms with E-state index in [1.807, 2.05) is 35.8 Å². The van der Waals surface area contributed by atoms with Crippen molar-refractivity contribution in [2.75, 3.05) is 11.1 Å². The Hall–Kier alpha value is -2.51. The van der Waals surface area contributed by atoms with Gasteiger partial charge in [0.05, 0.1) is 11.9 Å². The molecule has 0 bridgehead atoms. The number of carbonyl (C=O) groups excluding carboxylic acids is 1. The van der Waals surface area contributed by atoms with Gasteiger partial charge in [0.1, 0.15) is 5.75 Å². The highest BCUT2D eigenvalue weighted by atomic mass is 35.5. The largest absolute Gasteiger partial charge is 0.490 e. The van der Waals surface area contributed by atoms with Gasteiger partial charge in [-0.2, -0.15) is 0 Å². The van der Waals surface area contributed by atoms with Gasteiger partial charge in [-0.3, -0.25) is 4.79 Å². The molecule has 1 heterocycles. The number of halogens is 1. The first-order chi connectivity index (χ1) is 15.1. The summed E-state index contributed by atoms with van der Waals surface area (Å²) in [7, 11) is 0. The monoisotopic (exact) mass is 456 g/mol. The summed E-state index contributed by atoms with van der Waals surface area (Å²) in [5, 5.41) is 12.8. The number of anilines is 1. The van der Waals surface area contributed by atoms with Gasteiger partial charge in [-0.05, 0) is 75.1 Å². The normalized spacial score (nSPS) is 14.0. The third-order valence-electron chi connectivity index (χ3n) is 5.19. The molecular formula is C23H25ClN4O2S. The first-order valence-electron chi connectivity index (χ1n) is 10.5. The van der Waals surface area contributed by atoms with Crippen molar-refractivity contribution in [3.63, 3.8) is 0 Å². The van der Waals surface area contributed by atoms with E-state index < -0.39 is 0 Å². The second kappa shape index (κ2) is 10.2. The van der Waals surface area contributed by atoms with Crippen molar-refractivity contribution in [3.8, 4) is 17.1 Å². The second-order valence-corrected chi connectivity index (χ2v) is 8.83. The van der Waals surface area contributed by atoms with E-state index >= 15 is 0 Å². The van der Waals surface area contributed by atoms with E-state index in [1.54, 1.807) is 24.3 Å². The zero-order valence-electron chi connectivity index (χ0n) is 17.4. The van der Waals surface area contributed by atoms with Crippen molar-refractivity contribution >= 4 is 35.0 Å². The van der Waals surface area contributed by atoms with Crippen LogP contribution in [-0.2, 0) is 11.3 Å². The van der Waals surface area contributed by atoms with Crippen molar-refractivity contribution in [1.82, 2.24) is 14.8 Å². The van der Waals surface area contributed by atoms with Gasteiger partial charge >= 0.3 is 0 Å². The molecule has 0 saturated heterocycles. The Labute approximate surface area is 191 Å². The summed E-state index contributed by atoms with van der Waals surface area (Å²) in [6, 6.07) is 15.1. The predicted molar refractivity (Wildman–Crippen MR) is 125 cm³/mol. The number of carbonyl (C=O) groups is 1. The molecule has 1 aliphatic rings. The zero-order chi connectivity index (χ0) is 21.6. The van der Waals surface area contributed by atoms with Crippen LogP contribution < -0.4 is 10.1 Å². The maximum Gasteiger partial charge on any atom is 0.234 e. The van der Waals surface area contributed by atoms with Crippen LogP contribution >= 0.6 is 23.4 Å². The quantitative estimate of drug-likeness (QED) is 0.442. The molecule has 162 valence electrons. The van der Waals surface area contributed by atoms with Gasteiger partial charge in [-0.25, -0.2) is 0 Å². The fourth-order valence-electron chi connectivity index (χ4n) is 3.67. The minimum Gasteiger partial charge on any atom is -0.490 e. The average molecular weight is 457 g/mol. The van der Waals surface area contributed by atoms with Gasteiger partial charge in [-0.1, -0.05) is 29.4 Å². The Morgan fingerprint density at radius 2 is 1.97 bits per heavy atom. The van der Waals surface area contributed by atoms with Crippen LogP contribution in [0.5, 0.6) is 5.75 Å². The van der Waals surface area contributed by atoms with Crippen LogP contribution in [0, 0.1) is 0 Å². The number of aromatic nitrogens is 3. The first kappa shape index (κ1) is 21.7. The van der Waals surface area contributed by atoms with Crippen molar-refractivity contribution in [2.24, 2.45) is 0 Å². The number of ether oxygens (including phenoxy) is 1. The summed E-state index contributed by atoms with van der Waals surface area (Å²) in [6.07, 6.45) is 5.11. The number of hydrogen-bond donors (Lipinski definition) is 1. The smallest absolute Gasteiger partial charge is 0.234 e. The third kappa shape index (κ3) is 5.60.